The third-order valence-corrected chi connectivity index (χ3v) is 3.11. The van der Waals surface area contributed by atoms with E-state index in [4.69, 9.17) is 0 Å². The van der Waals surface area contributed by atoms with Crippen molar-refractivity contribution < 1.29 is 4.79 Å². The lowest BCUT2D eigenvalue weighted by atomic mass is 10.0. The van der Waals surface area contributed by atoms with Crippen LogP contribution in [0.3, 0.4) is 0 Å². The number of nitrogens with zero attached hydrogens (tertiary/aromatic N) is 1. The summed E-state index contributed by atoms with van der Waals surface area (Å²) in [5.74, 6) is 0.340. The van der Waals surface area contributed by atoms with Crippen LogP contribution in [0.4, 0.5) is 0 Å². The van der Waals surface area contributed by atoms with Gasteiger partial charge in [0.2, 0.25) is 5.91 Å². The minimum Gasteiger partial charge on any atom is -0.356 e. The summed E-state index contributed by atoms with van der Waals surface area (Å²) < 4.78 is 0. The van der Waals surface area contributed by atoms with Gasteiger partial charge in [-0.05, 0) is 13.3 Å². The summed E-state index contributed by atoms with van der Waals surface area (Å²) in [4.78, 5) is 15.6. The molecule has 1 aromatic heterocycles. The van der Waals surface area contributed by atoms with E-state index in [0.29, 0.717) is 0 Å². The van der Waals surface area contributed by atoms with Crippen molar-refractivity contribution in [2.45, 2.75) is 19.8 Å². The number of carbonyl (C=O) groups is 1. The molecular weight excluding hydrogens is 184 g/mol. The quantitative estimate of drug-likeness (QED) is 0.770. The minimum absolute atomic E-state index is 0.154. The van der Waals surface area contributed by atoms with Crippen molar-refractivity contribution in [1.82, 2.24) is 10.3 Å². The lowest BCUT2D eigenvalue weighted by molar-refractivity contribution is -0.122. The molecule has 1 unspecified atom stereocenters. The van der Waals surface area contributed by atoms with Gasteiger partial charge in [-0.2, -0.15) is 0 Å². The number of nitrogens with one attached hydrogen (secondary N) is 1. The predicted octanol–water partition coefficient (Wildman–Crippen LogP) is 1.13. The van der Waals surface area contributed by atoms with Crippen molar-refractivity contribution >= 4 is 17.2 Å². The number of carbonyl (C=O) groups excluding carboxylic acids is 1. The molecule has 1 N–H and O–H groups in total. The van der Waals surface area contributed by atoms with E-state index in [1.165, 1.54) is 0 Å². The minimum atomic E-state index is 0.154. The Labute approximate surface area is 81.2 Å². The number of hydrogen-bond donors (Lipinski definition) is 1. The molecule has 1 aliphatic heterocycles. The van der Waals surface area contributed by atoms with Crippen LogP contribution in [0.1, 0.15) is 17.1 Å². The van der Waals surface area contributed by atoms with Crippen molar-refractivity contribution in [1.29, 1.82) is 0 Å². The smallest absolute Gasteiger partial charge is 0.223 e. The van der Waals surface area contributed by atoms with Crippen molar-refractivity contribution in [2.24, 2.45) is 5.92 Å². The highest BCUT2D eigenvalue weighted by Gasteiger charge is 2.24. The number of aromatic nitrogens is 1. The second-order valence-corrected chi connectivity index (χ2v) is 4.40. The van der Waals surface area contributed by atoms with Crippen LogP contribution in [0, 0.1) is 12.8 Å². The van der Waals surface area contributed by atoms with Crippen LogP contribution in [0.25, 0.3) is 0 Å². The Kier molecular flexibility index (Phi) is 2.31. The molecule has 13 heavy (non-hydrogen) atoms. The van der Waals surface area contributed by atoms with E-state index in [1.54, 1.807) is 11.3 Å². The molecule has 0 saturated carbocycles. The van der Waals surface area contributed by atoms with Crippen LogP contribution in [0.15, 0.2) is 5.38 Å². The largest absolute Gasteiger partial charge is 0.356 e. The molecule has 0 aromatic carbocycles. The molecule has 1 amide bonds. The van der Waals surface area contributed by atoms with Crippen LogP contribution in [-0.4, -0.2) is 17.4 Å². The first-order chi connectivity index (χ1) is 6.25. The van der Waals surface area contributed by atoms with Gasteiger partial charge in [0.15, 0.2) is 0 Å². The zero-order valence-electron chi connectivity index (χ0n) is 7.54. The van der Waals surface area contributed by atoms with E-state index < -0.39 is 0 Å². The standard InChI is InChI=1S/C9H12N2OS/c1-6-11-8(5-13-6)4-7-2-3-10-9(7)12/h5,7H,2-4H2,1H3,(H,10,12). The Balaban J connectivity index is 2.01. The van der Waals surface area contributed by atoms with E-state index >= 15 is 0 Å². The number of hydrogen-bond acceptors (Lipinski definition) is 3. The van der Waals surface area contributed by atoms with Crippen molar-refractivity contribution in [3.8, 4) is 0 Å². The Morgan fingerprint density at radius 1 is 1.77 bits per heavy atom. The number of rotatable bonds is 2. The first kappa shape index (κ1) is 8.69. The Bertz CT molecular complexity index is 321. The van der Waals surface area contributed by atoms with Crippen LogP contribution in [0.2, 0.25) is 0 Å². The summed E-state index contributed by atoms with van der Waals surface area (Å²) in [5.41, 5.74) is 1.06. The number of thiazole rings is 1. The van der Waals surface area contributed by atoms with Gasteiger partial charge in [0.05, 0.1) is 10.7 Å². The highest BCUT2D eigenvalue weighted by Crippen LogP contribution is 2.17. The first-order valence-corrected chi connectivity index (χ1v) is 5.32. The fourth-order valence-corrected chi connectivity index (χ4v) is 2.22. The average Bonchev–Trinajstić information content (AvgIpc) is 2.64. The van der Waals surface area contributed by atoms with Gasteiger partial charge >= 0.3 is 0 Å². The van der Waals surface area contributed by atoms with Gasteiger partial charge in [-0.1, -0.05) is 0 Å². The van der Waals surface area contributed by atoms with Gasteiger partial charge in [0.1, 0.15) is 0 Å². The summed E-state index contributed by atoms with van der Waals surface area (Å²) in [6.07, 6.45) is 1.76. The summed E-state index contributed by atoms with van der Waals surface area (Å²) in [7, 11) is 0. The highest BCUT2D eigenvalue weighted by molar-refractivity contribution is 7.09. The normalized spacial score (nSPS) is 21.9. The maximum Gasteiger partial charge on any atom is 0.223 e. The van der Waals surface area contributed by atoms with E-state index in [1.807, 2.05) is 12.3 Å². The molecule has 70 valence electrons. The molecule has 1 saturated heterocycles. The Hall–Kier alpha value is -0.900. The predicted molar refractivity (Wildman–Crippen MR) is 51.7 cm³/mol. The maximum atomic E-state index is 11.2. The van der Waals surface area contributed by atoms with Crippen molar-refractivity contribution in [2.75, 3.05) is 6.54 Å². The van der Waals surface area contributed by atoms with Gasteiger partial charge in [-0.3, -0.25) is 4.79 Å². The number of aryl methyl sites for hydroxylation is 1. The first-order valence-electron chi connectivity index (χ1n) is 4.44. The Morgan fingerprint density at radius 2 is 2.62 bits per heavy atom. The lowest BCUT2D eigenvalue weighted by Gasteiger charge is -2.02. The van der Waals surface area contributed by atoms with Crippen molar-refractivity contribution in [3.05, 3.63) is 16.1 Å². The molecule has 0 bridgehead atoms. The van der Waals surface area contributed by atoms with Crippen LogP contribution < -0.4 is 5.32 Å². The SMILES string of the molecule is Cc1nc(CC2CCNC2=O)cs1. The van der Waals surface area contributed by atoms with Gasteiger partial charge in [0, 0.05) is 24.3 Å². The summed E-state index contributed by atoms with van der Waals surface area (Å²) in [5, 5.41) is 5.95. The summed E-state index contributed by atoms with van der Waals surface area (Å²) in [6.45, 7) is 2.81. The summed E-state index contributed by atoms with van der Waals surface area (Å²) >= 11 is 1.65. The number of amides is 1. The Morgan fingerprint density at radius 3 is 3.15 bits per heavy atom. The molecule has 0 radical (unpaired) electrons. The molecule has 2 rings (SSSR count). The zero-order chi connectivity index (χ0) is 9.26. The molecule has 2 heterocycles. The molecule has 4 heteroatoms. The summed E-state index contributed by atoms with van der Waals surface area (Å²) in [6, 6.07) is 0. The lowest BCUT2D eigenvalue weighted by Crippen LogP contribution is -2.20. The molecule has 0 aliphatic carbocycles. The van der Waals surface area contributed by atoms with Gasteiger partial charge < -0.3 is 5.32 Å². The maximum absolute atomic E-state index is 11.2. The fraction of sp³-hybridized carbons (Fsp3) is 0.556. The van der Waals surface area contributed by atoms with E-state index in [2.05, 4.69) is 10.3 Å². The topological polar surface area (TPSA) is 42.0 Å². The molecule has 1 atom stereocenters. The van der Waals surface area contributed by atoms with E-state index in [9.17, 15) is 4.79 Å². The third-order valence-electron chi connectivity index (χ3n) is 2.28. The molecular formula is C9H12N2OS. The van der Waals surface area contributed by atoms with Crippen molar-refractivity contribution in [3.63, 3.8) is 0 Å². The molecule has 1 fully saturated rings. The second-order valence-electron chi connectivity index (χ2n) is 3.34. The van der Waals surface area contributed by atoms with Crippen LogP contribution in [0.5, 0.6) is 0 Å². The molecule has 0 spiro atoms. The van der Waals surface area contributed by atoms with Gasteiger partial charge in [-0.25, -0.2) is 4.98 Å². The molecule has 1 aliphatic rings. The fourth-order valence-electron chi connectivity index (χ4n) is 1.59. The highest BCUT2D eigenvalue weighted by atomic mass is 32.1. The average molecular weight is 196 g/mol. The van der Waals surface area contributed by atoms with E-state index in [-0.39, 0.29) is 11.8 Å². The second kappa shape index (κ2) is 3.46. The molecule has 3 nitrogen and oxygen atoms in total. The van der Waals surface area contributed by atoms with Gasteiger partial charge in [-0.15, -0.1) is 11.3 Å². The van der Waals surface area contributed by atoms with Crippen LogP contribution >= 0.6 is 11.3 Å². The van der Waals surface area contributed by atoms with Gasteiger partial charge in [0.25, 0.3) is 0 Å². The third kappa shape index (κ3) is 1.88. The van der Waals surface area contributed by atoms with E-state index in [0.717, 1.165) is 30.1 Å². The molecule has 1 aromatic rings. The zero-order valence-corrected chi connectivity index (χ0v) is 8.36. The monoisotopic (exact) mass is 196 g/mol. The van der Waals surface area contributed by atoms with Crippen LogP contribution in [-0.2, 0) is 11.2 Å².